The molecule has 1 unspecified atom stereocenters. The van der Waals surface area contributed by atoms with E-state index in [-0.39, 0.29) is 0 Å². The van der Waals surface area contributed by atoms with Gasteiger partial charge in [0.15, 0.2) is 0 Å². The second kappa shape index (κ2) is 13.1. The van der Waals surface area contributed by atoms with Gasteiger partial charge in [0.25, 0.3) is 0 Å². The van der Waals surface area contributed by atoms with Crippen molar-refractivity contribution in [1.82, 2.24) is 10.2 Å². The molecule has 200 valence electrons. The van der Waals surface area contributed by atoms with Gasteiger partial charge in [-0.05, 0) is 118 Å². The minimum absolute atomic E-state index is 0.520. The Morgan fingerprint density at radius 1 is 1.03 bits per heavy atom. The van der Waals surface area contributed by atoms with Crippen molar-refractivity contribution in [3.05, 3.63) is 120 Å². The second-order valence-electron chi connectivity index (χ2n) is 11.2. The Hall–Kier alpha value is -3.10. The summed E-state index contributed by atoms with van der Waals surface area (Å²) in [6, 6.07) is 16.3. The van der Waals surface area contributed by atoms with Gasteiger partial charge in [0.2, 0.25) is 0 Å². The molecule has 2 fully saturated rings. The van der Waals surface area contributed by atoms with Crippen molar-refractivity contribution in [3.63, 3.8) is 0 Å². The highest BCUT2D eigenvalue weighted by molar-refractivity contribution is 5.73. The summed E-state index contributed by atoms with van der Waals surface area (Å²) in [7, 11) is 0. The Labute approximate surface area is 231 Å². The van der Waals surface area contributed by atoms with Crippen LogP contribution in [0.4, 0.5) is 0 Å². The molecule has 2 aromatic rings. The molecule has 2 aliphatic heterocycles. The van der Waals surface area contributed by atoms with Gasteiger partial charge in [-0.1, -0.05) is 86.0 Å². The van der Waals surface area contributed by atoms with Gasteiger partial charge < -0.3 is 5.32 Å². The molecule has 0 aromatic heterocycles. The van der Waals surface area contributed by atoms with Crippen molar-refractivity contribution in [3.8, 4) is 0 Å². The number of rotatable bonds is 9. The smallest absolute Gasteiger partial charge is 0.0233 e. The topological polar surface area (TPSA) is 15.3 Å². The Bertz CT molecular complexity index is 1200. The molecule has 2 aromatic carbocycles. The molecule has 0 aliphatic carbocycles. The van der Waals surface area contributed by atoms with Gasteiger partial charge in [0.05, 0.1) is 0 Å². The molecule has 0 spiro atoms. The number of aryl methyl sites for hydroxylation is 1. The Morgan fingerprint density at radius 2 is 1.76 bits per heavy atom. The van der Waals surface area contributed by atoms with E-state index in [0.717, 1.165) is 62.3 Å². The van der Waals surface area contributed by atoms with Gasteiger partial charge in [0, 0.05) is 17.9 Å². The number of nitrogens with zero attached hydrogens (tertiary/aromatic N) is 1. The minimum Gasteiger partial charge on any atom is -0.363 e. The molecule has 1 N–H and O–H groups in total. The largest absolute Gasteiger partial charge is 0.363 e. The van der Waals surface area contributed by atoms with E-state index in [9.17, 15) is 0 Å². The summed E-state index contributed by atoms with van der Waals surface area (Å²) in [5.41, 5.74) is 11.7. The van der Waals surface area contributed by atoms with Crippen LogP contribution in [-0.2, 0) is 13.0 Å². The molecule has 1 atom stereocenters. The zero-order chi connectivity index (χ0) is 27.1. The van der Waals surface area contributed by atoms with Gasteiger partial charge in [-0.25, -0.2) is 0 Å². The fraction of sp³-hybridized carbons (Fsp3) is 0.389. The summed E-state index contributed by atoms with van der Waals surface area (Å²) in [6.07, 6.45) is 13.3. The first-order valence-corrected chi connectivity index (χ1v) is 14.4. The number of allylic oxidation sites excluding steroid dienone is 7. The maximum Gasteiger partial charge on any atom is 0.0233 e. The second-order valence-corrected chi connectivity index (χ2v) is 11.2. The number of likely N-dealkylation sites (tertiary alicyclic amines) is 1. The van der Waals surface area contributed by atoms with Gasteiger partial charge in [0.1, 0.15) is 0 Å². The zero-order valence-electron chi connectivity index (χ0n) is 23.9. The minimum atomic E-state index is 0.520. The van der Waals surface area contributed by atoms with Crippen LogP contribution in [0, 0.1) is 5.92 Å². The SMILES string of the molecule is C=C1CCC(CCc2cc(C3CCN(Cc4ccc(C(/C=C\C)=C/C)cc4)CC3)ccc2C(=C)C)C(=C)N1. The van der Waals surface area contributed by atoms with E-state index < -0.39 is 0 Å². The lowest BCUT2D eigenvalue weighted by molar-refractivity contribution is 0.204. The molecule has 0 bridgehead atoms. The molecular formula is C36H46N2. The number of nitrogens with one attached hydrogen (secondary N) is 1. The lowest BCUT2D eigenvalue weighted by atomic mass is 9.84. The average molecular weight is 507 g/mol. The van der Waals surface area contributed by atoms with Crippen LogP contribution in [0.15, 0.2) is 91.8 Å². The lowest BCUT2D eigenvalue weighted by Crippen LogP contribution is -2.32. The predicted octanol–water partition coefficient (Wildman–Crippen LogP) is 9.04. The van der Waals surface area contributed by atoms with Crippen LogP contribution in [0.3, 0.4) is 0 Å². The van der Waals surface area contributed by atoms with Crippen LogP contribution >= 0.6 is 0 Å². The first-order valence-electron chi connectivity index (χ1n) is 14.4. The molecule has 2 heterocycles. The molecule has 0 saturated carbocycles. The quantitative estimate of drug-likeness (QED) is 0.341. The van der Waals surface area contributed by atoms with Crippen molar-refractivity contribution in [2.24, 2.45) is 5.92 Å². The van der Waals surface area contributed by atoms with Crippen LogP contribution in [-0.4, -0.2) is 18.0 Å². The van der Waals surface area contributed by atoms with Crippen LogP contribution < -0.4 is 5.32 Å². The fourth-order valence-corrected chi connectivity index (χ4v) is 6.08. The van der Waals surface area contributed by atoms with Crippen molar-refractivity contribution in [2.45, 2.75) is 71.8 Å². The van der Waals surface area contributed by atoms with Crippen molar-refractivity contribution in [1.29, 1.82) is 0 Å². The van der Waals surface area contributed by atoms with E-state index in [1.54, 1.807) is 0 Å². The molecule has 2 nitrogen and oxygen atoms in total. The third-order valence-electron chi connectivity index (χ3n) is 8.39. The van der Waals surface area contributed by atoms with Crippen LogP contribution in [0.5, 0.6) is 0 Å². The highest BCUT2D eigenvalue weighted by atomic mass is 15.1. The number of benzene rings is 2. The van der Waals surface area contributed by atoms with Crippen LogP contribution in [0.1, 0.15) is 86.6 Å². The van der Waals surface area contributed by atoms with E-state index in [0.29, 0.717) is 11.8 Å². The molecule has 0 amide bonds. The van der Waals surface area contributed by atoms with Crippen LogP contribution in [0.25, 0.3) is 11.1 Å². The predicted molar refractivity (Wildman–Crippen MR) is 166 cm³/mol. The average Bonchev–Trinajstić information content (AvgIpc) is 2.92. The highest BCUT2D eigenvalue weighted by Crippen LogP contribution is 2.33. The normalized spacial score (nSPS) is 19.7. The number of piperidine rings is 2. The van der Waals surface area contributed by atoms with E-state index in [2.05, 4.69) is 111 Å². The maximum atomic E-state index is 4.27. The standard InChI is InChI=1S/C36H46N2/c1-7-9-30(8-2)32-14-11-29(12-15-32)25-38-22-20-33(21-23-38)34-18-19-36(26(3)4)35(24-34)17-16-31-13-10-27(5)37-28(31)6/h7-9,11-12,14-15,18-19,24,31,33,37H,3,5-6,10,13,16-17,20-23,25H2,1-2,4H3/b9-7-,30-8+. The highest BCUT2D eigenvalue weighted by Gasteiger charge is 2.23. The van der Waals surface area contributed by atoms with Gasteiger partial charge in [-0.15, -0.1) is 0 Å². The van der Waals surface area contributed by atoms with Gasteiger partial charge in [-0.2, -0.15) is 0 Å². The zero-order valence-corrected chi connectivity index (χ0v) is 23.9. The van der Waals surface area contributed by atoms with Crippen molar-refractivity contribution >= 4 is 11.1 Å². The summed E-state index contributed by atoms with van der Waals surface area (Å²) in [5.74, 6) is 1.16. The Balaban J connectivity index is 1.36. The first-order chi connectivity index (χ1) is 18.4. The summed E-state index contributed by atoms with van der Waals surface area (Å²) >= 11 is 0. The molecule has 38 heavy (non-hydrogen) atoms. The maximum absolute atomic E-state index is 4.27. The van der Waals surface area contributed by atoms with Gasteiger partial charge >= 0.3 is 0 Å². The number of hydrogen-bond acceptors (Lipinski definition) is 2. The lowest BCUT2D eigenvalue weighted by Gasteiger charge is -2.33. The van der Waals surface area contributed by atoms with Crippen LogP contribution in [0.2, 0.25) is 0 Å². The third kappa shape index (κ3) is 7.05. The molecular weight excluding hydrogens is 460 g/mol. The number of hydrogen-bond donors (Lipinski definition) is 1. The van der Waals surface area contributed by atoms with E-state index >= 15 is 0 Å². The first kappa shape index (κ1) is 27.9. The van der Waals surface area contributed by atoms with Crippen molar-refractivity contribution in [2.75, 3.05) is 13.1 Å². The summed E-state index contributed by atoms with van der Waals surface area (Å²) in [4.78, 5) is 2.62. The monoisotopic (exact) mass is 506 g/mol. The third-order valence-corrected chi connectivity index (χ3v) is 8.39. The molecule has 2 saturated heterocycles. The van der Waals surface area contributed by atoms with E-state index in [1.807, 2.05) is 0 Å². The fourth-order valence-electron chi connectivity index (χ4n) is 6.08. The molecule has 2 heteroatoms. The van der Waals surface area contributed by atoms with Gasteiger partial charge in [-0.3, -0.25) is 4.90 Å². The molecule has 4 rings (SSSR count). The van der Waals surface area contributed by atoms with E-state index in [1.165, 1.54) is 46.2 Å². The molecule has 2 aliphatic rings. The summed E-state index contributed by atoms with van der Waals surface area (Å²) < 4.78 is 0. The van der Waals surface area contributed by atoms with E-state index in [4.69, 9.17) is 0 Å². The Morgan fingerprint density at radius 3 is 2.39 bits per heavy atom. The molecule has 0 radical (unpaired) electrons. The summed E-state index contributed by atoms with van der Waals surface area (Å²) in [6.45, 7) is 22.3. The Kier molecular flexibility index (Phi) is 9.63. The summed E-state index contributed by atoms with van der Waals surface area (Å²) in [5, 5.41) is 3.39. The van der Waals surface area contributed by atoms with Crippen molar-refractivity contribution < 1.29 is 0 Å².